The van der Waals surface area contributed by atoms with Gasteiger partial charge in [-0.05, 0) is 38.2 Å². The Morgan fingerprint density at radius 1 is 1.65 bits per heavy atom. The van der Waals surface area contributed by atoms with Gasteiger partial charge >= 0.3 is 5.97 Å². The van der Waals surface area contributed by atoms with Gasteiger partial charge in [0.05, 0.1) is 12.5 Å². The van der Waals surface area contributed by atoms with Crippen molar-refractivity contribution in [1.82, 2.24) is 5.32 Å². The second-order valence-electron chi connectivity index (χ2n) is 5.25. The molecule has 1 N–H and O–H groups in total. The van der Waals surface area contributed by atoms with E-state index < -0.39 is 0 Å². The van der Waals surface area contributed by atoms with E-state index in [1.165, 1.54) is 18.4 Å². The first kappa shape index (κ1) is 12.2. The number of rotatable bonds is 2. The van der Waals surface area contributed by atoms with Gasteiger partial charge in [0.25, 0.3) is 0 Å². The van der Waals surface area contributed by atoms with E-state index in [1.807, 2.05) is 6.92 Å². The van der Waals surface area contributed by atoms with Gasteiger partial charge in [-0.25, -0.2) is 0 Å². The lowest BCUT2D eigenvalue weighted by Gasteiger charge is -2.36. The van der Waals surface area contributed by atoms with Gasteiger partial charge in [-0.3, -0.25) is 4.79 Å². The fourth-order valence-corrected chi connectivity index (χ4v) is 2.66. The van der Waals surface area contributed by atoms with Crippen LogP contribution in [0.4, 0.5) is 0 Å². The highest BCUT2D eigenvalue weighted by molar-refractivity contribution is 5.77. The van der Waals surface area contributed by atoms with E-state index in [2.05, 4.69) is 24.4 Å². The Morgan fingerprint density at radius 3 is 3.06 bits per heavy atom. The molecule has 3 heteroatoms. The monoisotopic (exact) mass is 235 g/mol. The summed E-state index contributed by atoms with van der Waals surface area (Å²) in [5.41, 5.74) is 2.24. The van der Waals surface area contributed by atoms with Crippen molar-refractivity contribution in [2.24, 2.45) is 5.41 Å². The third-order valence-electron chi connectivity index (χ3n) is 3.90. The molecule has 1 aliphatic heterocycles. The van der Waals surface area contributed by atoms with Crippen LogP contribution in [0.1, 0.15) is 39.5 Å². The normalized spacial score (nSPS) is 31.8. The number of ether oxygens (including phenoxy) is 1. The summed E-state index contributed by atoms with van der Waals surface area (Å²) < 4.78 is 4.91. The topological polar surface area (TPSA) is 38.3 Å². The van der Waals surface area contributed by atoms with Gasteiger partial charge in [-0.2, -0.15) is 0 Å². The number of hydrogen-bond donors (Lipinski definition) is 1. The Hall–Kier alpha value is -1.25. The molecule has 0 aromatic rings. The number of nitrogens with one attached hydrogen (secondary N) is 1. The minimum Gasteiger partial charge on any atom is -0.469 e. The molecule has 1 aliphatic carbocycles. The number of methoxy groups -OCH3 is 1. The number of hydrogen-bond acceptors (Lipinski definition) is 3. The van der Waals surface area contributed by atoms with Crippen molar-refractivity contribution in [3.05, 3.63) is 23.4 Å². The van der Waals surface area contributed by atoms with Crippen molar-refractivity contribution in [3.63, 3.8) is 0 Å². The molecule has 0 amide bonds. The highest BCUT2D eigenvalue weighted by atomic mass is 16.5. The minimum absolute atomic E-state index is 0.0879. The molecule has 0 bridgehead atoms. The van der Waals surface area contributed by atoms with Crippen LogP contribution < -0.4 is 5.32 Å². The van der Waals surface area contributed by atoms with E-state index in [-0.39, 0.29) is 11.4 Å². The van der Waals surface area contributed by atoms with Crippen LogP contribution in [0.25, 0.3) is 0 Å². The lowest BCUT2D eigenvalue weighted by atomic mass is 9.73. The average molecular weight is 235 g/mol. The highest BCUT2D eigenvalue weighted by Crippen LogP contribution is 2.41. The van der Waals surface area contributed by atoms with Gasteiger partial charge in [0, 0.05) is 11.7 Å². The molecule has 94 valence electrons. The Bertz CT molecular complexity index is 384. The van der Waals surface area contributed by atoms with Gasteiger partial charge in [0.15, 0.2) is 0 Å². The lowest BCUT2D eigenvalue weighted by molar-refractivity contribution is -0.152. The summed E-state index contributed by atoms with van der Waals surface area (Å²) in [6.07, 6.45) is 8.08. The van der Waals surface area contributed by atoms with Crippen LogP contribution in [0.15, 0.2) is 23.4 Å². The average Bonchev–Trinajstić information content (AvgIpc) is 2.37. The number of carbonyl (C=O) groups is 1. The van der Waals surface area contributed by atoms with Crippen LogP contribution in [0.2, 0.25) is 0 Å². The third-order valence-corrected chi connectivity index (χ3v) is 3.90. The smallest absolute Gasteiger partial charge is 0.311 e. The molecule has 0 aromatic carbocycles. The number of dihydropyridines is 1. The highest BCUT2D eigenvalue weighted by Gasteiger charge is 2.39. The molecule has 1 heterocycles. The van der Waals surface area contributed by atoms with Crippen LogP contribution in [0, 0.1) is 5.41 Å². The summed E-state index contributed by atoms with van der Waals surface area (Å²) in [5, 5.41) is 3.54. The second-order valence-corrected chi connectivity index (χ2v) is 5.25. The summed E-state index contributed by atoms with van der Waals surface area (Å²) >= 11 is 0. The Kier molecular flexibility index (Phi) is 3.27. The summed E-state index contributed by atoms with van der Waals surface area (Å²) in [4.78, 5) is 11.8. The number of carbonyl (C=O) groups excluding carboxylic acids is 1. The van der Waals surface area contributed by atoms with Gasteiger partial charge in [0.1, 0.15) is 0 Å². The Balaban J connectivity index is 2.15. The van der Waals surface area contributed by atoms with E-state index >= 15 is 0 Å². The largest absolute Gasteiger partial charge is 0.469 e. The zero-order chi connectivity index (χ0) is 12.5. The molecule has 0 saturated heterocycles. The molecule has 2 rings (SSSR count). The molecule has 0 fully saturated rings. The van der Waals surface area contributed by atoms with Crippen LogP contribution in [0.3, 0.4) is 0 Å². The summed E-state index contributed by atoms with van der Waals surface area (Å²) in [5.74, 6) is -0.0879. The van der Waals surface area contributed by atoms with Crippen LogP contribution in [-0.2, 0) is 9.53 Å². The standard InChI is InChI=1S/C14H21NO2/c1-4-11-6-5-10-9-14(2,13(16)17-3)8-7-12(10)15-11/h5-6,11,15H,4,7-9H2,1-3H3. The first-order chi connectivity index (χ1) is 8.09. The fourth-order valence-electron chi connectivity index (χ4n) is 2.66. The first-order valence-electron chi connectivity index (χ1n) is 6.34. The van der Waals surface area contributed by atoms with Crippen molar-refractivity contribution in [3.8, 4) is 0 Å². The summed E-state index contributed by atoms with van der Waals surface area (Å²) in [6, 6.07) is 0.455. The molecule has 2 aliphatic rings. The van der Waals surface area contributed by atoms with E-state index in [0.29, 0.717) is 6.04 Å². The molecule has 0 spiro atoms. The van der Waals surface area contributed by atoms with Crippen molar-refractivity contribution < 1.29 is 9.53 Å². The van der Waals surface area contributed by atoms with Crippen LogP contribution in [-0.4, -0.2) is 19.1 Å². The third kappa shape index (κ3) is 2.24. The second kappa shape index (κ2) is 4.55. The maximum absolute atomic E-state index is 11.8. The molecule has 3 nitrogen and oxygen atoms in total. The molecule has 2 unspecified atom stereocenters. The Labute approximate surface area is 103 Å². The van der Waals surface area contributed by atoms with E-state index in [1.54, 1.807) is 0 Å². The quantitative estimate of drug-likeness (QED) is 0.747. The molecular formula is C14H21NO2. The number of esters is 1. The summed E-state index contributed by atoms with van der Waals surface area (Å²) in [7, 11) is 1.47. The van der Waals surface area contributed by atoms with Crippen LogP contribution >= 0.6 is 0 Å². The van der Waals surface area contributed by atoms with Gasteiger partial charge in [-0.1, -0.05) is 19.1 Å². The predicted octanol–water partition coefficient (Wildman–Crippen LogP) is 2.54. The fraction of sp³-hybridized carbons (Fsp3) is 0.643. The molecular weight excluding hydrogens is 214 g/mol. The van der Waals surface area contributed by atoms with E-state index in [9.17, 15) is 4.79 Å². The zero-order valence-electron chi connectivity index (χ0n) is 10.9. The van der Waals surface area contributed by atoms with Gasteiger partial charge < -0.3 is 10.1 Å². The number of allylic oxidation sites excluding steroid dienone is 3. The molecule has 0 aromatic heterocycles. The van der Waals surface area contributed by atoms with Crippen molar-refractivity contribution in [1.29, 1.82) is 0 Å². The maximum Gasteiger partial charge on any atom is 0.311 e. The molecule has 0 radical (unpaired) electrons. The van der Waals surface area contributed by atoms with Gasteiger partial charge in [0.2, 0.25) is 0 Å². The molecule has 0 saturated carbocycles. The SMILES string of the molecule is CCC1C=CC2=C(CCC(C)(C(=O)OC)C2)N1. The van der Waals surface area contributed by atoms with Crippen LogP contribution in [0.5, 0.6) is 0 Å². The predicted molar refractivity (Wildman–Crippen MR) is 67.4 cm³/mol. The first-order valence-corrected chi connectivity index (χ1v) is 6.34. The van der Waals surface area contributed by atoms with E-state index in [0.717, 1.165) is 25.7 Å². The van der Waals surface area contributed by atoms with Crippen molar-refractivity contribution in [2.45, 2.75) is 45.6 Å². The van der Waals surface area contributed by atoms with E-state index in [4.69, 9.17) is 4.74 Å². The van der Waals surface area contributed by atoms with Crippen molar-refractivity contribution in [2.75, 3.05) is 7.11 Å². The zero-order valence-corrected chi connectivity index (χ0v) is 10.9. The minimum atomic E-state index is -0.349. The maximum atomic E-state index is 11.8. The molecule has 17 heavy (non-hydrogen) atoms. The summed E-state index contributed by atoms with van der Waals surface area (Å²) in [6.45, 7) is 4.18. The lowest BCUT2D eigenvalue weighted by Crippen LogP contribution is -2.38. The molecule has 2 atom stereocenters. The van der Waals surface area contributed by atoms with Crippen molar-refractivity contribution >= 4 is 5.97 Å². The van der Waals surface area contributed by atoms with Gasteiger partial charge in [-0.15, -0.1) is 0 Å². The Morgan fingerprint density at radius 2 is 2.41 bits per heavy atom.